The van der Waals surface area contributed by atoms with Gasteiger partial charge in [0.2, 0.25) is 0 Å². The van der Waals surface area contributed by atoms with E-state index in [9.17, 15) is 4.79 Å². The van der Waals surface area contributed by atoms with Gasteiger partial charge >= 0.3 is 0 Å². The van der Waals surface area contributed by atoms with Gasteiger partial charge in [-0.2, -0.15) is 0 Å². The fourth-order valence-electron chi connectivity index (χ4n) is 2.23. The molecule has 0 spiro atoms. The molecule has 2 aromatic carbocycles. The summed E-state index contributed by atoms with van der Waals surface area (Å²) in [6, 6.07) is 13.3. The number of carbonyl (C=O) groups is 1. The first-order valence-corrected chi connectivity index (χ1v) is 7.50. The van der Waals surface area contributed by atoms with Crippen LogP contribution in [0.5, 0.6) is 0 Å². The molecule has 2 aromatic rings. The smallest absolute Gasteiger partial charge is 0.250 e. The Kier molecular flexibility index (Phi) is 4.85. The van der Waals surface area contributed by atoms with Crippen molar-refractivity contribution in [2.45, 2.75) is 13.5 Å². The van der Waals surface area contributed by atoms with Crippen LogP contribution < -0.4 is 16.4 Å². The first kappa shape index (κ1) is 15.4. The minimum Gasteiger partial charge on any atom is -0.398 e. The largest absolute Gasteiger partial charge is 0.398 e. The number of benzene rings is 2. The second kappa shape index (κ2) is 6.63. The number of hydrogen-bond acceptors (Lipinski definition) is 3. The summed E-state index contributed by atoms with van der Waals surface area (Å²) >= 11 is 3.37. The van der Waals surface area contributed by atoms with Gasteiger partial charge in [0.05, 0.1) is 5.56 Å². The van der Waals surface area contributed by atoms with Crippen molar-refractivity contribution in [2.75, 3.05) is 17.2 Å². The lowest BCUT2D eigenvalue weighted by Crippen LogP contribution is -2.26. The van der Waals surface area contributed by atoms with Gasteiger partial charge in [0.1, 0.15) is 0 Å². The summed E-state index contributed by atoms with van der Waals surface area (Å²) < 4.78 is 0.829. The van der Waals surface area contributed by atoms with E-state index in [-0.39, 0.29) is 0 Å². The van der Waals surface area contributed by atoms with Gasteiger partial charge in [0.25, 0.3) is 5.91 Å². The highest BCUT2D eigenvalue weighted by atomic mass is 79.9. The van der Waals surface area contributed by atoms with E-state index in [1.165, 1.54) is 0 Å². The molecule has 0 aromatic heterocycles. The summed E-state index contributed by atoms with van der Waals surface area (Å²) in [7, 11) is 0. The summed E-state index contributed by atoms with van der Waals surface area (Å²) in [5, 5.41) is 0. The number of anilines is 2. The van der Waals surface area contributed by atoms with Gasteiger partial charge in [-0.1, -0.05) is 34.1 Å². The van der Waals surface area contributed by atoms with E-state index < -0.39 is 5.91 Å². The van der Waals surface area contributed by atoms with Gasteiger partial charge < -0.3 is 16.4 Å². The Morgan fingerprint density at radius 1 is 1.24 bits per heavy atom. The van der Waals surface area contributed by atoms with Crippen LogP contribution in [-0.4, -0.2) is 12.5 Å². The molecule has 0 saturated heterocycles. The lowest BCUT2D eigenvalue weighted by Gasteiger charge is -2.26. The van der Waals surface area contributed by atoms with Crippen molar-refractivity contribution in [2.24, 2.45) is 5.73 Å². The second-order valence-electron chi connectivity index (χ2n) is 4.74. The van der Waals surface area contributed by atoms with Crippen molar-refractivity contribution in [3.63, 3.8) is 0 Å². The molecule has 0 radical (unpaired) electrons. The van der Waals surface area contributed by atoms with Gasteiger partial charge in [-0.05, 0) is 36.8 Å². The Hall–Kier alpha value is -2.01. The molecule has 21 heavy (non-hydrogen) atoms. The molecule has 1 amide bonds. The number of para-hydroxylation sites is 1. The maximum absolute atomic E-state index is 11.7. The van der Waals surface area contributed by atoms with Gasteiger partial charge in [-0.25, -0.2) is 0 Å². The van der Waals surface area contributed by atoms with E-state index >= 15 is 0 Å². The quantitative estimate of drug-likeness (QED) is 0.816. The zero-order valence-corrected chi connectivity index (χ0v) is 13.4. The maximum Gasteiger partial charge on any atom is 0.250 e. The first-order valence-electron chi connectivity index (χ1n) is 6.70. The number of nitrogen functional groups attached to an aromatic ring is 1. The molecule has 2 rings (SSSR count). The first-order chi connectivity index (χ1) is 10.0. The van der Waals surface area contributed by atoms with Crippen LogP contribution in [0, 0.1) is 0 Å². The average molecular weight is 348 g/mol. The van der Waals surface area contributed by atoms with Crippen LogP contribution in [0.3, 0.4) is 0 Å². The number of nitrogens with two attached hydrogens (primary N) is 2. The zero-order valence-electron chi connectivity index (χ0n) is 11.8. The zero-order chi connectivity index (χ0) is 15.4. The number of halogens is 1. The fourth-order valence-corrected chi connectivity index (χ4v) is 2.59. The predicted octanol–water partition coefficient (Wildman–Crippen LogP) is 3.16. The minimum atomic E-state index is -0.439. The van der Waals surface area contributed by atoms with Crippen molar-refractivity contribution >= 4 is 33.2 Å². The summed E-state index contributed by atoms with van der Waals surface area (Å²) in [4.78, 5) is 13.7. The van der Waals surface area contributed by atoms with Crippen LogP contribution in [0.15, 0.2) is 46.9 Å². The van der Waals surface area contributed by atoms with Crippen molar-refractivity contribution in [1.29, 1.82) is 0 Å². The summed E-state index contributed by atoms with van der Waals surface area (Å²) in [5.41, 5.74) is 14.6. The standard InChI is InChI=1S/C16H18BrN3O/c1-2-20(10-11-5-3-4-6-14(11)18)15-8-7-12(17)9-13(15)16(19)21/h3-9H,2,10,18H2,1H3,(H2,19,21). The molecule has 0 heterocycles. The molecule has 0 bridgehead atoms. The number of primary amides is 1. The third-order valence-electron chi connectivity index (χ3n) is 3.36. The Labute approximate surface area is 132 Å². The number of carbonyl (C=O) groups excluding carboxylic acids is 1. The van der Waals surface area contributed by atoms with Crippen molar-refractivity contribution in [1.82, 2.24) is 0 Å². The molecule has 0 fully saturated rings. The molecule has 0 aliphatic rings. The van der Waals surface area contributed by atoms with Crippen LogP contribution >= 0.6 is 15.9 Å². The van der Waals surface area contributed by atoms with Crippen molar-refractivity contribution in [3.05, 3.63) is 58.1 Å². The maximum atomic E-state index is 11.7. The van der Waals surface area contributed by atoms with Crippen LogP contribution in [0.1, 0.15) is 22.8 Å². The highest BCUT2D eigenvalue weighted by Gasteiger charge is 2.15. The average Bonchev–Trinajstić information content (AvgIpc) is 2.46. The molecule has 0 unspecified atom stereocenters. The molecule has 0 atom stereocenters. The molecular weight excluding hydrogens is 330 g/mol. The molecule has 4 N–H and O–H groups in total. The van der Waals surface area contributed by atoms with Crippen LogP contribution in [0.25, 0.3) is 0 Å². The van der Waals surface area contributed by atoms with Gasteiger partial charge in [-0.15, -0.1) is 0 Å². The van der Waals surface area contributed by atoms with Crippen LogP contribution in [0.4, 0.5) is 11.4 Å². The molecule has 0 aliphatic carbocycles. The third kappa shape index (κ3) is 3.55. The van der Waals surface area contributed by atoms with Crippen LogP contribution in [0.2, 0.25) is 0 Å². The lowest BCUT2D eigenvalue weighted by atomic mass is 10.1. The molecule has 0 saturated carbocycles. The molecule has 110 valence electrons. The van der Waals surface area contributed by atoms with Crippen molar-refractivity contribution < 1.29 is 4.79 Å². The molecular formula is C16H18BrN3O. The van der Waals surface area contributed by atoms with E-state index in [0.29, 0.717) is 12.1 Å². The Morgan fingerprint density at radius 2 is 1.95 bits per heavy atom. The van der Waals surface area contributed by atoms with Gasteiger partial charge in [0.15, 0.2) is 0 Å². The summed E-state index contributed by atoms with van der Waals surface area (Å²) in [6.45, 7) is 3.41. The SMILES string of the molecule is CCN(Cc1ccccc1N)c1ccc(Br)cc1C(N)=O. The number of rotatable bonds is 5. The third-order valence-corrected chi connectivity index (χ3v) is 3.86. The van der Waals surface area contributed by atoms with E-state index in [2.05, 4.69) is 20.8 Å². The van der Waals surface area contributed by atoms with Crippen molar-refractivity contribution in [3.8, 4) is 0 Å². The van der Waals surface area contributed by atoms with E-state index in [4.69, 9.17) is 11.5 Å². The highest BCUT2D eigenvalue weighted by molar-refractivity contribution is 9.10. The molecule has 0 aliphatic heterocycles. The number of nitrogens with zero attached hydrogens (tertiary/aromatic N) is 1. The monoisotopic (exact) mass is 347 g/mol. The van der Waals surface area contributed by atoms with Crippen LogP contribution in [-0.2, 0) is 6.54 Å². The van der Waals surface area contributed by atoms with E-state index in [1.54, 1.807) is 6.07 Å². The molecule has 5 heteroatoms. The lowest BCUT2D eigenvalue weighted by molar-refractivity contribution is 0.100. The van der Waals surface area contributed by atoms with Gasteiger partial charge in [0, 0.05) is 28.9 Å². The number of hydrogen-bond donors (Lipinski definition) is 2. The Balaban J connectivity index is 2.38. The fraction of sp³-hybridized carbons (Fsp3) is 0.188. The topological polar surface area (TPSA) is 72.3 Å². The second-order valence-corrected chi connectivity index (χ2v) is 5.65. The predicted molar refractivity (Wildman–Crippen MR) is 90.2 cm³/mol. The van der Waals surface area contributed by atoms with E-state index in [1.807, 2.05) is 43.3 Å². The Bertz CT molecular complexity index is 658. The summed E-state index contributed by atoms with van der Waals surface area (Å²) in [6.07, 6.45) is 0. The Morgan fingerprint density at radius 3 is 2.57 bits per heavy atom. The minimum absolute atomic E-state index is 0.439. The summed E-state index contributed by atoms with van der Waals surface area (Å²) in [5.74, 6) is -0.439. The normalized spacial score (nSPS) is 10.4. The molecule has 4 nitrogen and oxygen atoms in total. The van der Waals surface area contributed by atoms with E-state index in [0.717, 1.165) is 28.0 Å². The van der Waals surface area contributed by atoms with Gasteiger partial charge in [-0.3, -0.25) is 4.79 Å². The highest BCUT2D eigenvalue weighted by Crippen LogP contribution is 2.26. The number of amides is 1.